The second-order valence-corrected chi connectivity index (χ2v) is 13.3. The van der Waals surface area contributed by atoms with Gasteiger partial charge in [0.25, 0.3) is 10.0 Å². The number of pyridine rings is 1. The smallest absolute Gasteiger partial charge is 0.307 e. The zero-order valence-corrected chi connectivity index (χ0v) is 25.6. The van der Waals surface area contributed by atoms with Crippen LogP contribution in [0.5, 0.6) is 0 Å². The molecule has 12 heteroatoms. The Morgan fingerprint density at radius 3 is 2.36 bits per heavy atom. The van der Waals surface area contributed by atoms with Gasteiger partial charge in [0.15, 0.2) is 5.65 Å². The molecule has 5 rings (SSSR count). The van der Waals surface area contributed by atoms with Crippen molar-refractivity contribution in [2.45, 2.75) is 45.1 Å². The van der Waals surface area contributed by atoms with Crippen LogP contribution in [0.1, 0.15) is 32.8 Å². The number of aromatic nitrogens is 4. The minimum atomic E-state index is -4.13. The van der Waals surface area contributed by atoms with E-state index < -0.39 is 27.6 Å². The van der Waals surface area contributed by atoms with Crippen molar-refractivity contribution < 1.29 is 26.7 Å². The monoisotopic (exact) mass is 619 g/mol. The molecule has 1 N–H and O–H groups in total. The van der Waals surface area contributed by atoms with Gasteiger partial charge in [-0.3, -0.25) is 4.79 Å². The summed E-state index contributed by atoms with van der Waals surface area (Å²) in [6, 6.07) is 12.8. The van der Waals surface area contributed by atoms with Gasteiger partial charge in [-0.1, -0.05) is 44.5 Å². The van der Waals surface area contributed by atoms with Crippen LogP contribution in [-0.4, -0.2) is 46.5 Å². The van der Waals surface area contributed by atoms with Crippen molar-refractivity contribution in [3.8, 4) is 22.4 Å². The Bertz CT molecular complexity index is 1970. The minimum absolute atomic E-state index is 0.0122. The Morgan fingerprint density at radius 1 is 0.955 bits per heavy atom. The van der Waals surface area contributed by atoms with Gasteiger partial charge in [-0.05, 0) is 48.2 Å². The summed E-state index contributed by atoms with van der Waals surface area (Å²) in [6.45, 7) is 7.74. The van der Waals surface area contributed by atoms with Gasteiger partial charge in [-0.25, -0.2) is 36.1 Å². The molecule has 0 aliphatic heterocycles. The molecule has 0 radical (unpaired) electrons. The van der Waals surface area contributed by atoms with E-state index in [-0.39, 0.29) is 33.8 Å². The first-order chi connectivity index (χ1) is 20.8. The summed E-state index contributed by atoms with van der Waals surface area (Å²) in [7, 11) is -2.81. The molecule has 0 aliphatic rings. The highest BCUT2D eigenvalue weighted by atomic mass is 32.2. The third-order valence-electron chi connectivity index (χ3n) is 7.34. The number of hydrogen-bond acceptors (Lipinski definition) is 8. The Hall–Kier alpha value is -4.71. The van der Waals surface area contributed by atoms with Crippen LogP contribution in [0.3, 0.4) is 0 Å². The number of ether oxygens (including phenoxy) is 1. The largest absolute Gasteiger partial charge is 0.469 e. The number of halogens is 2. The molecular weight excluding hydrogens is 588 g/mol. The molecule has 0 saturated carbocycles. The van der Waals surface area contributed by atoms with E-state index >= 15 is 0 Å². The predicted octanol–water partition coefficient (Wildman–Crippen LogP) is 6.37. The van der Waals surface area contributed by atoms with Gasteiger partial charge in [0.05, 0.1) is 30.3 Å². The molecule has 3 aromatic heterocycles. The fourth-order valence-electron chi connectivity index (χ4n) is 4.82. The van der Waals surface area contributed by atoms with Crippen LogP contribution in [0.15, 0.2) is 78.2 Å². The third-order valence-corrected chi connectivity index (χ3v) is 9.00. The Balaban J connectivity index is 1.65. The first kappa shape index (κ1) is 30.7. The van der Waals surface area contributed by atoms with E-state index in [1.165, 1.54) is 56.0 Å². The molecule has 0 fully saturated rings. The first-order valence-corrected chi connectivity index (χ1v) is 15.2. The average molecular weight is 620 g/mol. The lowest BCUT2D eigenvalue weighted by Crippen LogP contribution is -2.36. The lowest BCUT2D eigenvalue weighted by atomic mass is 9.84. The van der Waals surface area contributed by atoms with Crippen LogP contribution in [0.4, 0.5) is 14.6 Å². The summed E-state index contributed by atoms with van der Waals surface area (Å²) in [5.74, 6) is -1.24. The number of aryl methyl sites for hydroxylation is 1. The number of carbonyl (C=O) groups excluding carboxylic acids is 1. The molecule has 0 spiro atoms. The maximum Gasteiger partial charge on any atom is 0.307 e. The van der Waals surface area contributed by atoms with E-state index in [2.05, 4.69) is 20.3 Å². The number of fused-ring (bicyclic) bond motifs is 1. The number of methoxy groups -OCH3 is 1. The molecule has 0 aliphatic carbocycles. The van der Waals surface area contributed by atoms with Gasteiger partial charge in [0.1, 0.15) is 23.8 Å². The number of nitrogens with zero attached hydrogens (tertiary/aromatic N) is 4. The maximum atomic E-state index is 14.7. The molecule has 2 aromatic carbocycles. The second kappa shape index (κ2) is 11.8. The van der Waals surface area contributed by atoms with Crippen molar-refractivity contribution in [1.82, 2.24) is 18.9 Å². The summed E-state index contributed by atoms with van der Waals surface area (Å²) in [6.07, 6.45) is 3.69. The highest BCUT2D eigenvalue weighted by Gasteiger charge is 2.29. The molecule has 9 nitrogen and oxygen atoms in total. The fourth-order valence-corrected chi connectivity index (χ4v) is 6.15. The van der Waals surface area contributed by atoms with Gasteiger partial charge in [-0.2, -0.15) is 0 Å². The SMILES string of the molecule is COC(=O)CC(Nc1cc(-c2cc(F)ccc2-c2cn(S(=O)(=O)c3ccc(C)cc3)c3ncc(F)cc23)ncn1)C(C)(C)C. The number of anilines is 1. The Morgan fingerprint density at radius 2 is 1.68 bits per heavy atom. The van der Waals surface area contributed by atoms with Crippen LogP contribution >= 0.6 is 0 Å². The molecule has 44 heavy (non-hydrogen) atoms. The number of esters is 1. The van der Waals surface area contributed by atoms with E-state index in [0.29, 0.717) is 28.2 Å². The zero-order chi connectivity index (χ0) is 31.8. The van der Waals surface area contributed by atoms with Crippen molar-refractivity contribution in [1.29, 1.82) is 0 Å². The molecule has 0 amide bonds. The molecule has 0 saturated heterocycles. The maximum absolute atomic E-state index is 14.7. The highest BCUT2D eigenvalue weighted by molar-refractivity contribution is 7.90. The summed E-state index contributed by atoms with van der Waals surface area (Å²) in [5, 5.41) is 3.48. The molecule has 5 aromatic rings. The fraction of sp³-hybridized carbons (Fsp3) is 0.250. The van der Waals surface area contributed by atoms with Crippen molar-refractivity contribution in [3.63, 3.8) is 0 Å². The van der Waals surface area contributed by atoms with E-state index in [0.717, 1.165) is 15.7 Å². The Kier molecular flexibility index (Phi) is 8.21. The minimum Gasteiger partial charge on any atom is -0.469 e. The lowest BCUT2D eigenvalue weighted by Gasteiger charge is -2.31. The second-order valence-electron chi connectivity index (χ2n) is 11.5. The van der Waals surface area contributed by atoms with Crippen LogP contribution in [-0.2, 0) is 19.6 Å². The number of hydrogen-bond donors (Lipinski definition) is 1. The normalized spacial score (nSPS) is 12.7. The molecule has 1 unspecified atom stereocenters. The third kappa shape index (κ3) is 6.16. The topological polar surface area (TPSA) is 116 Å². The van der Waals surface area contributed by atoms with Gasteiger partial charge < -0.3 is 10.1 Å². The standard InChI is InChI=1S/C32H31F2N5O4S/c1-19-6-9-22(10-7-19)44(41,42)39-17-26(25-13-21(34)16-35-31(25)39)23-11-8-20(33)12-24(23)27-14-29(37-18-36-27)38-28(32(2,3)4)15-30(40)43-5/h6-14,16-18,28H,15H2,1-5H3,(H,36,37,38). The molecule has 3 heterocycles. The quantitative estimate of drug-likeness (QED) is 0.199. The summed E-state index contributed by atoms with van der Waals surface area (Å²) in [4.78, 5) is 24.9. The number of carbonyl (C=O) groups is 1. The van der Waals surface area contributed by atoms with Crippen LogP contribution in [0.25, 0.3) is 33.4 Å². The van der Waals surface area contributed by atoms with Crippen molar-refractivity contribution in [3.05, 3.63) is 90.5 Å². The van der Waals surface area contributed by atoms with E-state index in [9.17, 15) is 22.0 Å². The number of nitrogens with one attached hydrogen (secondary N) is 1. The number of rotatable bonds is 8. The van der Waals surface area contributed by atoms with Crippen molar-refractivity contribution >= 4 is 32.8 Å². The molecule has 1 atom stereocenters. The number of benzene rings is 2. The lowest BCUT2D eigenvalue weighted by molar-refractivity contribution is -0.141. The highest BCUT2D eigenvalue weighted by Crippen LogP contribution is 2.39. The van der Waals surface area contributed by atoms with Crippen molar-refractivity contribution in [2.24, 2.45) is 5.41 Å². The molecule has 228 valence electrons. The summed E-state index contributed by atoms with van der Waals surface area (Å²) in [5.41, 5.74) is 1.87. The van der Waals surface area contributed by atoms with Gasteiger partial charge in [-0.15, -0.1) is 0 Å². The van der Waals surface area contributed by atoms with E-state index in [1.54, 1.807) is 18.2 Å². The Labute approximate surface area is 254 Å². The van der Waals surface area contributed by atoms with Crippen molar-refractivity contribution in [2.75, 3.05) is 12.4 Å². The predicted molar refractivity (Wildman–Crippen MR) is 163 cm³/mol. The molecule has 0 bridgehead atoms. The van der Waals surface area contributed by atoms with Gasteiger partial charge in [0, 0.05) is 34.8 Å². The first-order valence-electron chi connectivity index (χ1n) is 13.7. The summed E-state index contributed by atoms with van der Waals surface area (Å²) < 4.78 is 62.6. The van der Waals surface area contributed by atoms with E-state index in [4.69, 9.17) is 4.74 Å². The van der Waals surface area contributed by atoms with Crippen LogP contribution in [0, 0.1) is 24.0 Å². The average Bonchev–Trinajstić information content (AvgIpc) is 3.36. The van der Waals surface area contributed by atoms with Gasteiger partial charge >= 0.3 is 5.97 Å². The zero-order valence-electron chi connectivity index (χ0n) is 24.8. The van der Waals surface area contributed by atoms with E-state index in [1.807, 2.05) is 27.7 Å². The molecular formula is C32H31F2N5O4S. The van der Waals surface area contributed by atoms with Crippen LogP contribution < -0.4 is 5.32 Å². The van der Waals surface area contributed by atoms with Crippen LogP contribution in [0.2, 0.25) is 0 Å². The summed E-state index contributed by atoms with van der Waals surface area (Å²) >= 11 is 0. The van der Waals surface area contributed by atoms with Gasteiger partial charge in [0.2, 0.25) is 0 Å².